The van der Waals surface area contributed by atoms with Gasteiger partial charge in [-0.1, -0.05) is 0 Å². The molecule has 1 aliphatic rings. The van der Waals surface area contributed by atoms with Crippen molar-refractivity contribution in [3.63, 3.8) is 0 Å². The first-order valence-corrected chi connectivity index (χ1v) is 14.7. The lowest BCUT2D eigenvalue weighted by molar-refractivity contribution is 0.233. The Morgan fingerprint density at radius 2 is 1.92 bits per heavy atom. The number of nitrogens with one attached hydrogen (secondary N) is 1. The second kappa shape index (κ2) is 11.8. The van der Waals surface area contributed by atoms with Gasteiger partial charge in [-0.05, 0) is 68.5 Å². The molecule has 0 bridgehead atoms. The Morgan fingerprint density at radius 3 is 2.62 bits per heavy atom. The summed E-state index contributed by atoms with van der Waals surface area (Å²) < 4.78 is 29.6. The van der Waals surface area contributed by atoms with Crippen molar-refractivity contribution < 1.29 is 8.42 Å². The fourth-order valence-corrected chi connectivity index (χ4v) is 6.01. The SMILES string of the molecule is CCS(=O)(=O)N1CCC(CC(CC#N)n2cc(-c3ccnc(Nc4ccc(-n5cccn5)cc4)n3)cn2)CC1. The number of benzene rings is 1. The van der Waals surface area contributed by atoms with E-state index >= 15 is 0 Å². The minimum Gasteiger partial charge on any atom is -0.324 e. The fraction of sp³-hybridized carbons (Fsp3) is 0.370. The topological polar surface area (TPSA) is 135 Å². The van der Waals surface area contributed by atoms with E-state index < -0.39 is 10.0 Å². The Morgan fingerprint density at radius 1 is 1.13 bits per heavy atom. The van der Waals surface area contributed by atoms with E-state index in [1.165, 1.54) is 0 Å². The molecule has 0 amide bonds. The molecule has 12 heteroatoms. The van der Waals surface area contributed by atoms with Crippen LogP contribution in [0.3, 0.4) is 0 Å². The third-order valence-corrected chi connectivity index (χ3v) is 8.96. The summed E-state index contributed by atoms with van der Waals surface area (Å²) in [7, 11) is -3.15. The van der Waals surface area contributed by atoms with Gasteiger partial charge in [0.1, 0.15) is 0 Å². The maximum Gasteiger partial charge on any atom is 0.227 e. The maximum atomic E-state index is 12.2. The zero-order valence-electron chi connectivity index (χ0n) is 21.8. The molecule has 202 valence electrons. The molecular formula is C27H31N9O2S. The van der Waals surface area contributed by atoms with Crippen LogP contribution in [-0.2, 0) is 10.0 Å². The first-order valence-electron chi connectivity index (χ1n) is 13.0. The lowest BCUT2D eigenvalue weighted by Crippen LogP contribution is -2.39. The minimum atomic E-state index is -3.15. The van der Waals surface area contributed by atoms with Crippen LogP contribution in [0.25, 0.3) is 16.9 Å². The Bertz CT molecular complexity index is 1520. The molecule has 4 heterocycles. The van der Waals surface area contributed by atoms with E-state index in [0.717, 1.165) is 41.9 Å². The number of aromatic nitrogens is 6. The van der Waals surface area contributed by atoms with E-state index in [1.807, 2.05) is 53.5 Å². The monoisotopic (exact) mass is 545 g/mol. The van der Waals surface area contributed by atoms with E-state index in [-0.39, 0.29) is 11.8 Å². The second-order valence-electron chi connectivity index (χ2n) is 9.59. The number of hydrogen-bond acceptors (Lipinski definition) is 8. The van der Waals surface area contributed by atoms with Gasteiger partial charge >= 0.3 is 0 Å². The van der Waals surface area contributed by atoms with Gasteiger partial charge in [-0.25, -0.2) is 27.4 Å². The van der Waals surface area contributed by atoms with Crippen LogP contribution in [0.1, 0.15) is 38.6 Å². The maximum absolute atomic E-state index is 12.2. The zero-order valence-corrected chi connectivity index (χ0v) is 22.6. The smallest absolute Gasteiger partial charge is 0.227 e. The van der Waals surface area contributed by atoms with E-state index in [2.05, 4.69) is 31.6 Å². The number of anilines is 2. The molecule has 1 aromatic carbocycles. The van der Waals surface area contributed by atoms with Crippen LogP contribution in [0.5, 0.6) is 0 Å². The summed E-state index contributed by atoms with van der Waals surface area (Å²) in [5.74, 6) is 0.937. The van der Waals surface area contributed by atoms with Gasteiger partial charge in [0.25, 0.3) is 0 Å². The number of piperidine rings is 1. The Labute approximate surface area is 228 Å². The van der Waals surface area contributed by atoms with Crippen molar-refractivity contribution in [3.05, 3.63) is 67.4 Å². The second-order valence-corrected chi connectivity index (χ2v) is 11.8. The summed E-state index contributed by atoms with van der Waals surface area (Å²) in [4.78, 5) is 9.02. The standard InChI is InChI=1S/C27H31N9O2S/c1-2-39(37,38)34-16-10-21(11-17-34)18-25(8-12-28)36-20-22(19-31-36)26-9-14-29-27(33-26)32-23-4-6-24(7-5-23)35-15-3-13-30-35/h3-7,9,13-15,19-21,25H,2,8,10-11,16-18H2,1H3,(H,29,32,33). The third kappa shape index (κ3) is 6.32. The first-order chi connectivity index (χ1) is 18.9. The van der Waals surface area contributed by atoms with Gasteiger partial charge in [-0.2, -0.15) is 15.5 Å². The van der Waals surface area contributed by atoms with Crippen molar-refractivity contribution in [2.24, 2.45) is 5.92 Å². The molecular weight excluding hydrogens is 514 g/mol. The number of hydrogen-bond donors (Lipinski definition) is 1. The summed E-state index contributed by atoms with van der Waals surface area (Å²) in [5.41, 5.74) is 3.36. The van der Waals surface area contributed by atoms with Crippen LogP contribution in [0.2, 0.25) is 0 Å². The minimum absolute atomic E-state index is 0.0872. The molecule has 0 spiro atoms. The predicted octanol–water partition coefficient (Wildman–Crippen LogP) is 4.18. The molecule has 5 rings (SSSR count). The fourth-order valence-electron chi connectivity index (χ4n) is 4.88. The largest absolute Gasteiger partial charge is 0.324 e. The molecule has 0 aliphatic carbocycles. The summed E-state index contributed by atoms with van der Waals surface area (Å²) >= 11 is 0. The first kappa shape index (κ1) is 26.5. The van der Waals surface area contributed by atoms with Crippen LogP contribution in [0.4, 0.5) is 11.6 Å². The van der Waals surface area contributed by atoms with Crippen LogP contribution < -0.4 is 5.32 Å². The highest BCUT2D eigenvalue weighted by molar-refractivity contribution is 7.89. The quantitative estimate of drug-likeness (QED) is 0.314. The highest BCUT2D eigenvalue weighted by atomic mass is 32.2. The molecule has 1 saturated heterocycles. The van der Waals surface area contributed by atoms with Gasteiger partial charge in [0.15, 0.2) is 0 Å². The highest BCUT2D eigenvalue weighted by Crippen LogP contribution is 2.30. The molecule has 1 unspecified atom stereocenters. The molecule has 3 aromatic heterocycles. The predicted molar refractivity (Wildman–Crippen MR) is 148 cm³/mol. The molecule has 1 N–H and O–H groups in total. The summed E-state index contributed by atoms with van der Waals surface area (Å²) in [6.45, 7) is 2.75. The Balaban J connectivity index is 1.24. The van der Waals surface area contributed by atoms with Gasteiger partial charge < -0.3 is 5.32 Å². The number of rotatable bonds is 10. The summed E-state index contributed by atoms with van der Waals surface area (Å²) in [6, 6.07) is 13.7. The summed E-state index contributed by atoms with van der Waals surface area (Å²) in [5, 5.41) is 21.5. The number of sulfonamides is 1. The van der Waals surface area contributed by atoms with Crippen molar-refractivity contribution in [1.82, 2.24) is 33.8 Å². The molecule has 1 fully saturated rings. The van der Waals surface area contributed by atoms with Crippen LogP contribution in [-0.4, -0.2) is 61.1 Å². The van der Waals surface area contributed by atoms with Gasteiger partial charge in [-0.15, -0.1) is 0 Å². The molecule has 0 saturated carbocycles. The average molecular weight is 546 g/mol. The van der Waals surface area contributed by atoms with Gasteiger partial charge in [0.2, 0.25) is 16.0 Å². The van der Waals surface area contributed by atoms with Crippen LogP contribution in [0.15, 0.2) is 67.4 Å². The van der Waals surface area contributed by atoms with E-state index in [1.54, 1.807) is 34.5 Å². The Hall–Kier alpha value is -4.08. The van der Waals surface area contributed by atoms with Gasteiger partial charge in [0.05, 0.1) is 41.9 Å². The van der Waals surface area contributed by atoms with E-state index in [9.17, 15) is 13.7 Å². The normalized spacial score (nSPS) is 15.6. The number of nitriles is 1. The van der Waals surface area contributed by atoms with Crippen molar-refractivity contribution in [1.29, 1.82) is 5.26 Å². The van der Waals surface area contributed by atoms with Crippen LogP contribution in [0, 0.1) is 17.2 Å². The lowest BCUT2D eigenvalue weighted by Gasteiger charge is -2.32. The van der Waals surface area contributed by atoms with Crippen molar-refractivity contribution in [2.75, 3.05) is 24.2 Å². The third-order valence-electron chi connectivity index (χ3n) is 7.08. The molecule has 39 heavy (non-hydrogen) atoms. The van der Waals surface area contributed by atoms with Crippen molar-refractivity contribution in [2.45, 2.75) is 38.6 Å². The van der Waals surface area contributed by atoms with Gasteiger partial charge in [-0.3, -0.25) is 4.68 Å². The van der Waals surface area contributed by atoms with E-state index in [4.69, 9.17) is 0 Å². The highest BCUT2D eigenvalue weighted by Gasteiger charge is 2.28. The van der Waals surface area contributed by atoms with Crippen molar-refractivity contribution in [3.8, 4) is 23.0 Å². The molecule has 1 aliphatic heterocycles. The number of nitrogens with zero attached hydrogens (tertiary/aromatic N) is 8. The summed E-state index contributed by atoms with van der Waals surface area (Å²) in [6.07, 6.45) is 11.7. The average Bonchev–Trinajstić information content (AvgIpc) is 3.67. The molecule has 0 radical (unpaired) electrons. The van der Waals surface area contributed by atoms with Crippen LogP contribution >= 0.6 is 0 Å². The Kier molecular flexibility index (Phi) is 7.99. The van der Waals surface area contributed by atoms with Crippen molar-refractivity contribution >= 4 is 21.7 Å². The van der Waals surface area contributed by atoms with E-state index in [0.29, 0.717) is 31.4 Å². The van der Waals surface area contributed by atoms with Gasteiger partial charge in [0, 0.05) is 49.1 Å². The molecule has 4 aromatic rings. The zero-order chi connectivity index (χ0) is 27.2. The lowest BCUT2D eigenvalue weighted by atomic mass is 9.90. The molecule has 1 atom stereocenters. The molecule has 11 nitrogen and oxygen atoms in total.